The summed E-state index contributed by atoms with van der Waals surface area (Å²) in [6, 6.07) is 12.4. The van der Waals surface area contributed by atoms with Crippen molar-refractivity contribution >= 4 is 45.4 Å². The number of fused-ring (bicyclic) bond motifs is 2. The number of carbonyl (C=O) groups is 1. The van der Waals surface area contributed by atoms with Gasteiger partial charge in [-0.05, 0) is 49.2 Å². The van der Waals surface area contributed by atoms with E-state index < -0.39 is 0 Å². The van der Waals surface area contributed by atoms with E-state index in [1.54, 1.807) is 23.7 Å². The summed E-state index contributed by atoms with van der Waals surface area (Å²) < 4.78 is 0. The molecule has 0 aliphatic carbocycles. The Morgan fingerprint density at radius 3 is 2.76 bits per heavy atom. The van der Waals surface area contributed by atoms with Crippen LogP contribution in [0.4, 0.5) is 11.4 Å². The number of rotatable bonds is 6. The number of hydrogen-bond donors (Lipinski definition) is 3. The molecular formula is C29H27N7OS. The van der Waals surface area contributed by atoms with Crippen molar-refractivity contribution in [2.45, 2.75) is 26.7 Å². The van der Waals surface area contributed by atoms with Crippen molar-refractivity contribution in [3.8, 4) is 21.6 Å². The normalized spacial score (nSPS) is 12.9. The Hall–Kier alpha value is -4.37. The number of hydrogen-bond acceptors (Lipinski definition) is 7. The summed E-state index contributed by atoms with van der Waals surface area (Å²) in [6.07, 6.45) is 8.44. The number of benzene rings is 1. The van der Waals surface area contributed by atoms with Gasteiger partial charge in [0.15, 0.2) is 5.82 Å². The van der Waals surface area contributed by atoms with Gasteiger partial charge >= 0.3 is 0 Å². The second kappa shape index (κ2) is 10.2. The van der Waals surface area contributed by atoms with E-state index in [0.29, 0.717) is 24.5 Å². The molecule has 3 N–H and O–H groups in total. The summed E-state index contributed by atoms with van der Waals surface area (Å²) in [5.74, 6) is 0.701. The van der Waals surface area contributed by atoms with Crippen molar-refractivity contribution in [1.82, 2.24) is 19.9 Å². The van der Waals surface area contributed by atoms with Crippen molar-refractivity contribution < 1.29 is 4.79 Å². The van der Waals surface area contributed by atoms with Gasteiger partial charge in [-0.1, -0.05) is 13.0 Å². The predicted molar refractivity (Wildman–Crippen MR) is 154 cm³/mol. The van der Waals surface area contributed by atoms with Crippen molar-refractivity contribution in [2.75, 3.05) is 23.7 Å². The van der Waals surface area contributed by atoms with Gasteiger partial charge < -0.3 is 15.6 Å². The average molecular weight is 522 g/mol. The molecule has 1 aliphatic rings. The third-order valence-electron chi connectivity index (χ3n) is 6.43. The maximum atomic E-state index is 12.1. The van der Waals surface area contributed by atoms with Crippen molar-refractivity contribution in [3.63, 3.8) is 0 Å². The average Bonchev–Trinajstić information content (AvgIpc) is 3.49. The standard InChI is InChI=1S/C29H27N7OS/c1-3-4-26(37)34-20-11-19(13-30-14-20)18-6-7-23-21(12-18)28(33-10-9-32-23)29-35-24-16-31-15-22(27(24)36-29)25-8-5-17(2)38-25/h5-8,11-16,32H,3-4,9-10H2,1-2H3,(H,34,37)(H,35,36). The molecule has 1 amide bonds. The Kier molecular flexibility index (Phi) is 6.43. The van der Waals surface area contributed by atoms with Crippen LogP contribution < -0.4 is 10.6 Å². The summed E-state index contributed by atoms with van der Waals surface area (Å²) in [5.41, 5.74) is 8.11. The summed E-state index contributed by atoms with van der Waals surface area (Å²) in [5, 5.41) is 6.43. The van der Waals surface area contributed by atoms with E-state index in [0.717, 1.165) is 62.5 Å². The van der Waals surface area contributed by atoms with E-state index in [1.165, 1.54) is 4.88 Å². The van der Waals surface area contributed by atoms with E-state index in [2.05, 4.69) is 62.8 Å². The molecule has 38 heavy (non-hydrogen) atoms. The quantitative estimate of drug-likeness (QED) is 0.252. The first-order valence-corrected chi connectivity index (χ1v) is 13.5. The van der Waals surface area contributed by atoms with E-state index in [-0.39, 0.29) is 5.91 Å². The number of amides is 1. The monoisotopic (exact) mass is 521 g/mol. The lowest BCUT2D eigenvalue weighted by atomic mass is 9.99. The number of carbonyl (C=O) groups excluding carboxylic acids is 1. The molecule has 9 heteroatoms. The van der Waals surface area contributed by atoms with Gasteiger partial charge in [0.1, 0.15) is 11.2 Å². The van der Waals surface area contributed by atoms with Gasteiger partial charge in [-0.3, -0.25) is 19.8 Å². The van der Waals surface area contributed by atoms with Crippen molar-refractivity contribution in [1.29, 1.82) is 0 Å². The molecule has 5 heterocycles. The molecule has 0 radical (unpaired) electrons. The molecule has 0 atom stereocenters. The van der Waals surface area contributed by atoms with Crippen LogP contribution in [0.15, 0.2) is 66.2 Å². The van der Waals surface area contributed by atoms with Crippen LogP contribution in [0.2, 0.25) is 0 Å². The Bertz CT molecular complexity index is 1680. The van der Waals surface area contributed by atoms with E-state index in [1.807, 2.05) is 25.4 Å². The summed E-state index contributed by atoms with van der Waals surface area (Å²) >= 11 is 1.73. The summed E-state index contributed by atoms with van der Waals surface area (Å²) in [4.78, 5) is 36.7. The molecule has 5 aromatic rings. The number of aromatic amines is 1. The molecule has 0 fully saturated rings. The minimum atomic E-state index is -0.0107. The van der Waals surface area contributed by atoms with E-state index >= 15 is 0 Å². The fourth-order valence-electron chi connectivity index (χ4n) is 4.64. The molecule has 0 saturated heterocycles. The number of H-pyrrole nitrogens is 1. The van der Waals surface area contributed by atoms with Crippen LogP contribution in [0.5, 0.6) is 0 Å². The zero-order chi connectivity index (χ0) is 26.1. The first-order valence-electron chi connectivity index (χ1n) is 12.7. The first-order chi connectivity index (χ1) is 18.6. The van der Waals surface area contributed by atoms with Gasteiger partial charge in [0.05, 0.1) is 30.1 Å². The third kappa shape index (κ3) is 4.68. The largest absolute Gasteiger partial charge is 0.383 e. The van der Waals surface area contributed by atoms with Gasteiger partial charge in [0, 0.05) is 57.5 Å². The van der Waals surface area contributed by atoms with Gasteiger partial charge in [-0.25, -0.2) is 4.98 Å². The van der Waals surface area contributed by atoms with Gasteiger partial charge in [-0.15, -0.1) is 11.3 Å². The number of aromatic nitrogens is 4. The molecule has 8 nitrogen and oxygen atoms in total. The number of anilines is 2. The summed E-state index contributed by atoms with van der Waals surface area (Å²) in [7, 11) is 0. The van der Waals surface area contributed by atoms with Crippen molar-refractivity contribution in [3.05, 3.63) is 77.5 Å². The Labute approximate surface area is 224 Å². The van der Waals surface area contributed by atoms with Crippen LogP contribution in [0.25, 0.3) is 32.6 Å². The molecule has 190 valence electrons. The minimum Gasteiger partial charge on any atom is -0.383 e. The van der Waals surface area contributed by atoms with Crippen LogP contribution in [0.3, 0.4) is 0 Å². The van der Waals surface area contributed by atoms with Gasteiger partial charge in [0.25, 0.3) is 0 Å². The van der Waals surface area contributed by atoms with Gasteiger partial charge in [-0.2, -0.15) is 0 Å². The zero-order valence-corrected chi connectivity index (χ0v) is 22.0. The predicted octanol–water partition coefficient (Wildman–Crippen LogP) is 6.06. The Morgan fingerprint density at radius 1 is 1.03 bits per heavy atom. The molecule has 0 saturated carbocycles. The fraction of sp³-hybridized carbons (Fsp3) is 0.207. The molecule has 0 spiro atoms. The van der Waals surface area contributed by atoms with E-state index in [4.69, 9.17) is 9.98 Å². The van der Waals surface area contributed by atoms with Gasteiger partial charge in [0.2, 0.25) is 5.91 Å². The molecule has 6 rings (SSSR count). The maximum Gasteiger partial charge on any atom is 0.224 e. The number of nitrogens with zero attached hydrogens (tertiary/aromatic N) is 4. The zero-order valence-electron chi connectivity index (χ0n) is 21.2. The highest BCUT2D eigenvalue weighted by atomic mass is 32.1. The number of pyridine rings is 2. The molecule has 4 aromatic heterocycles. The highest BCUT2D eigenvalue weighted by Gasteiger charge is 2.20. The lowest BCUT2D eigenvalue weighted by Crippen LogP contribution is -2.10. The Balaban J connectivity index is 1.40. The highest BCUT2D eigenvalue weighted by Crippen LogP contribution is 2.33. The smallest absolute Gasteiger partial charge is 0.224 e. The topological polar surface area (TPSA) is 108 Å². The number of aliphatic imine (C=N–C) groups is 1. The lowest BCUT2D eigenvalue weighted by molar-refractivity contribution is -0.116. The Morgan fingerprint density at radius 2 is 1.92 bits per heavy atom. The number of benzodiazepines with no additional fused rings is 1. The molecule has 1 aromatic carbocycles. The summed E-state index contributed by atoms with van der Waals surface area (Å²) in [6.45, 7) is 5.45. The lowest BCUT2D eigenvalue weighted by Gasteiger charge is -2.12. The molecular weight excluding hydrogens is 494 g/mol. The first kappa shape index (κ1) is 24.0. The number of thiophene rings is 1. The van der Waals surface area contributed by atoms with Crippen LogP contribution in [-0.4, -0.2) is 44.6 Å². The number of aryl methyl sites for hydroxylation is 1. The highest BCUT2D eigenvalue weighted by molar-refractivity contribution is 7.15. The number of nitrogens with one attached hydrogen (secondary N) is 3. The third-order valence-corrected chi connectivity index (χ3v) is 7.46. The molecule has 1 aliphatic heterocycles. The fourth-order valence-corrected chi connectivity index (χ4v) is 5.52. The number of imidazole rings is 1. The van der Waals surface area contributed by atoms with E-state index in [9.17, 15) is 4.79 Å². The van der Waals surface area contributed by atoms with Crippen molar-refractivity contribution in [2.24, 2.45) is 4.99 Å². The molecule has 0 unspecified atom stereocenters. The SMILES string of the molecule is CCCC(=O)Nc1cncc(-c2ccc3c(c2)C(c2nc4c(-c5ccc(C)s5)cncc4[nH]2)=NCCN3)c1. The van der Waals surface area contributed by atoms with Crippen LogP contribution in [-0.2, 0) is 4.79 Å². The molecule has 0 bridgehead atoms. The van der Waals surface area contributed by atoms with Crippen LogP contribution in [0.1, 0.15) is 36.0 Å². The second-order valence-electron chi connectivity index (χ2n) is 9.26. The minimum absolute atomic E-state index is 0.0107. The maximum absolute atomic E-state index is 12.1. The van der Waals surface area contributed by atoms with Crippen LogP contribution >= 0.6 is 11.3 Å². The van der Waals surface area contributed by atoms with Crippen LogP contribution in [0, 0.1) is 6.92 Å². The second-order valence-corrected chi connectivity index (χ2v) is 10.5.